The molecule has 0 spiro atoms. The van der Waals surface area contributed by atoms with E-state index in [2.05, 4.69) is 41.7 Å². The first-order chi connectivity index (χ1) is 8.60. The van der Waals surface area contributed by atoms with Crippen LogP contribution in [0.4, 0.5) is 0 Å². The summed E-state index contributed by atoms with van der Waals surface area (Å²) in [6, 6.07) is 8.51. The molecule has 0 aromatic heterocycles. The van der Waals surface area contributed by atoms with Gasteiger partial charge in [-0.3, -0.25) is 0 Å². The van der Waals surface area contributed by atoms with Crippen LogP contribution >= 0.6 is 15.9 Å². The third kappa shape index (κ3) is 4.38. The molecule has 0 bridgehead atoms. The Morgan fingerprint density at radius 2 is 1.83 bits per heavy atom. The van der Waals surface area contributed by atoms with Crippen molar-refractivity contribution in [3.05, 3.63) is 34.3 Å². The van der Waals surface area contributed by atoms with Gasteiger partial charge in [-0.05, 0) is 37.9 Å². The molecule has 0 aliphatic rings. The molecule has 0 fully saturated rings. The largest absolute Gasteiger partial charge is 0.388 e. The second kappa shape index (κ2) is 7.93. The summed E-state index contributed by atoms with van der Waals surface area (Å²) in [5, 5.41) is 10.2. The monoisotopic (exact) mass is 313 g/mol. The summed E-state index contributed by atoms with van der Waals surface area (Å²) in [4.78, 5) is 2.35. The van der Waals surface area contributed by atoms with Crippen LogP contribution in [0.25, 0.3) is 0 Å². The van der Waals surface area contributed by atoms with Gasteiger partial charge in [0.05, 0.1) is 6.10 Å². The van der Waals surface area contributed by atoms with E-state index < -0.39 is 6.10 Å². The van der Waals surface area contributed by atoms with Gasteiger partial charge >= 0.3 is 0 Å². The van der Waals surface area contributed by atoms with E-state index in [-0.39, 0.29) is 0 Å². The number of aliphatic hydroxyl groups excluding tert-OH is 1. The lowest BCUT2D eigenvalue weighted by atomic mass is 10.1. The summed E-state index contributed by atoms with van der Waals surface area (Å²) in [5.41, 5.74) is 0.982. The van der Waals surface area contributed by atoms with E-state index >= 15 is 0 Å². The zero-order valence-electron chi connectivity index (χ0n) is 11.6. The molecule has 0 aliphatic heterocycles. The van der Waals surface area contributed by atoms with Crippen LogP contribution in [-0.2, 0) is 0 Å². The SMILES string of the molecule is CCC(CC)N(C)CCC(O)c1ccccc1Br. The Balaban J connectivity index is 2.51. The van der Waals surface area contributed by atoms with Crippen LogP contribution in [0.1, 0.15) is 44.8 Å². The summed E-state index contributed by atoms with van der Waals surface area (Å²) in [5.74, 6) is 0. The molecule has 1 N–H and O–H groups in total. The standard InChI is InChI=1S/C15H24BrNO/c1-4-12(5-2)17(3)11-10-15(18)13-8-6-7-9-14(13)16/h6-9,12,15,18H,4-5,10-11H2,1-3H3. The molecule has 1 aromatic rings. The molecule has 18 heavy (non-hydrogen) atoms. The molecule has 1 atom stereocenters. The first-order valence-electron chi connectivity index (χ1n) is 6.72. The molecule has 1 rings (SSSR count). The molecule has 2 nitrogen and oxygen atoms in total. The third-order valence-corrected chi connectivity index (χ3v) is 4.31. The highest BCUT2D eigenvalue weighted by Gasteiger charge is 2.14. The second-order valence-corrected chi connectivity index (χ2v) is 5.63. The molecule has 102 valence electrons. The number of rotatable bonds is 7. The number of benzene rings is 1. The molecule has 0 aliphatic carbocycles. The molecule has 1 aromatic carbocycles. The average molecular weight is 314 g/mol. The fourth-order valence-electron chi connectivity index (χ4n) is 2.32. The highest BCUT2D eigenvalue weighted by atomic mass is 79.9. The molecule has 0 heterocycles. The predicted molar refractivity (Wildman–Crippen MR) is 80.7 cm³/mol. The highest BCUT2D eigenvalue weighted by Crippen LogP contribution is 2.25. The summed E-state index contributed by atoms with van der Waals surface area (Å²) < 4.78 is 0.989. The Morgan fingerprint density at radius 3 is 2.39 bits per heavy atom. The second-order valence-electron chi connectivity index (χ2n) is 4.78. The van der Waals surface area contributed by atoms with E-state index in [0.717, 1.165) is 35.8 Å². The van der Waals surface area contributed by atoms with Crippen LogP contribution in [0.2, 0.25) is 0 Å². The van der Waals surface area contributed by atoms with Crippen molar-refractivity contribution in [1.29, 1.82) is 0 Å². The van der Waals surface area contributed by atoms with E-state index in [4.69, 9.17) is 0 Å². The van der Waals surface area contributed by atoms with Gasteiger partial charge in [-0.2, -0.15) is 0 Å². The van der Waals surface area contributed by atoms with Crippen molar-refractivity contribution in [1.82, 2.24) is 4.90 Å². The van der Waals surface area contributed by atoms with E-state index in [0.29, 0.717) is 6.04 Å². The normalized spacial score (nSPS) is 13.3. The Kier molecular flexibility index (Phi) is 6.90. The quantitative estimate of drug-likeness (QED) is 0.822. The molecular formula is C15H24BrNO. The van der Waals surface area contributed by atoms with Crippen LogP contribution in [0.5, 0.6) is 0 Å². The summed E-state index contributed by atoms with van der Waals surface area (Å²) in [7, 11) is 2.14. The summed E-state index contributed by atoms with van der Waals surface area (Å²) in [6.45, 7) is 5.36. The van der Waals surface area contributed by atoms with Gasteiger partial charge in [0.1, 0.15) is 0 Å². The van der Waals surface area contributed by atoms with Crippen LogP contribution in [0.15, 0.2) is 28.7 Å². The average Bonchev–Trinajstić information content (AvgIpc) is 2.38. The third-order valence-electron chi connectivity index (χ3n) is 3.59. The minimum absolute atomic E-state index is 0.391. The Morgan fingerprint density at radius 1 is 1.22 bits per heavy atom. The maximum absolute atomic E-state index is 10.2. The minimum Gasteiger partial charge on any atom is -0.388 e. The van der Waals surface area contributed by atoms with Crippen molar-refractivity contribution < 1.29 is 5.11 Å². The van der Waals surface area contributed by atoms with Crippen LogP contribution in [-0.4, -0.2) is 29.6 Å². The van der Waals surface area contributed by atoms with Crippen molar-refractivity contribution >= 4 is 15.9 Å². The Labute approximate surface area is 119 Å². The fraction of sp³-hybridized carbons (Fsp3) is 0.600. The van der Waals surface area contributed by atoms with Crippen molar-refractivity contribution in [3.63, 3.8) is 0 Å². The number of aliphatic hydroxyl groups is 1. The van der Waals surface area contributed by atoms with Crippen molar-refractivity contribution in [3.8, 4) is 0 Å². The number of halogens is 1. The number of hydrogen-bond acceptors (Lipinski definition) is 2. The molecule has 0 saturated heterocycles. The molecule has 1 unspecified atom stereocenters. The summed E-state index contributed by atoms with van der Waals surface area (Å²) in [6.07, 6.45) is 2.71. The van der Waals surface area contributed by atoms with Gasteiger partial charge in [-0.15, -0.1) is 0 Å². The van der Waals surface area contributed by atoms with Crippen molar-refractivity contribution in [2.45, 2.75) is 45.3 Å². The van der Waals surface area contributed by atoms with Gasteiger partial charge in [0.25, 0.3) is 0 Å². The van der Waals surface area contributed by atoms with E-state index in [1.807, 2.05) is 24.3 Å². The van der Waals surface area contributed by atoms with Gasteiger partial charge < -0.3 is 10.0 Å². The van der Waals surface area contributed by atoms with Crippen LogP contribution in [0.3, 0.4) is 0 Å². The smallest absolute Gasteiger partial charge is 0.0813 e. The molecule has 3 heteroatoms. The Bertz CT molecular complexity index is 352. The van der Waals surface area contributed by atoms with Crippen LogP contribution in [0, 0.1) is 0 Å². The van der Waals surface area contributed by atoms with E-state index in [1.54, 1.807) is 0 Å². The molecular weight excluding hydrogens is 290 g/mol. The number of nitrogens with zero attached hydrogens (tertiary/aromatic N) is 1. The van der Waals surface area contributed by atoms with Gasteiger partial charge in [-0.1, -0.05) is 48.0 Å². The molecule has 0 saturated carbocycles. The lowest BCUT2D eigenvalue weighted by Gasteiger charge is -2.27. The summed E-state index contributed by atoms with van der Waals surface area (Å²) >= 11 is 3.49. The predicted octanol–water partition coefficient (Wildman–Crippen LogP) is 3.99. The van der Waals surface area contributed by atoms with E-state index in [1.165, 1.54) is 0 Å². The van der Waals surface area contributed by atoms with Crippen molar-refractivity contribution in [2.75, 3.05) is 13.6 Å². The van der Waals surface area contributed by atoms with Gasteiger partial charge in [0, 0.05) is 17.1 Å². The molecule has 0 radical (unpaired) electrons. The minimum atomic E-state index is -0.391. The first kappa shape index (κ1) is 15.7. The van der Waals surface area contributed by atoms with Crippen LogP contribution < -0.4 is 0 Å². The maximum atomic E-state index is 10.2. The lowest BCUT2D eigenvalue weighted by molar-refractivity contribution is 0.133. The van der Waals surface area contributed by atoms with Gasteiger partial charge in [-0.25, -0.2) is 0 Å². The number of hydrogen-bond donors (Lipinski definition) is 1. The van der Waals surface area contributed by atoms with Crippen molar-refractivity contribution in [2.24, 2.45) is 0 Å². The maximum Gasteiger partial charge on any atom is 0.0813 e. The fourth-order valence-corrected chi connectivity index (χ4v) is 2.87. The topological polar surface area (TPSA) is 23.5 Å². The first-order valence-corrected chi connectivity index (χ1v) is 7.52. The molecule has 0 amide bonds. The van der Waals surface area contributed by atoms with E-state index in [9.17, 15) is 5.11 Å². The highest BCUT2D eigenvalue weighted by molar-refractivity contribution is 9.10. The lowest BCUT2D eigenvalue weighted by Crippen LogP contribution is -2.32. The zero-order valence-corrected chi connectivity index (χ0v) is 13.2. The van der Waals surface area contributed by atoms with Gasteiger partial charge in [0.2, 0.25) is 0 Å². The zero-order chi connectivity index (χ0) is 13.5. The van der Waals surface area contributed by atoms with Gasteiger partial charge in [0.15, 0.2) is 0 Å². The Hall–Kier alpha value is -0.380.